The van der Waals surface area contributed by atoms with Crippen LogP contribution in [0.25, 0.3) is 0 Å². The first-order valence-corrected chi connectivity index (χ1v) is 9.27. The van der Waals surface area contributed by atoms with Crippen molar-refractivity contribution in [2.75, 3.05) is 20.3 Å². The third-order valence-electron chi connectivity index (χ3n) is 5.03. The Bertz CT molecular complexity index is 764. The predicted octanol–water partition coefficient (Wildman–Crippen LogP) is 3.09. The van der Waals surface area contributed by atoms with Gasteiger partial charge >= 0.3 is 12.3 Å². The molecule has 0 aromatic carbocycles. The quantitative estimate of drug-likeness (QED) is 0.795. The van der Waals surface area contributed by atoms with Gasteiger partial charge in [-0.15, -0.1) is 0 Å². The monoisotopic (exact) mass is 418 g/mol. The smallest absolute Gasteiger partial charge is 0.417 e. The number of aromatic nitrogens is 1. The Labute approximate surface area is 166 Å². The number of alkyl halides is 3. The number of carbonyl (C=O) groups excluding carboxylic acids is 1. The first kappa shape index (κ1) is 21.6. The normalized spacial score (nSPS) is 27.5. The molecule has 2 saturated heterocycles. The molecule has 1 aromatic rings. The number of methoxy groups -OCH3 is 1. The lowest BCUT2D eigenvalue weighted by molar-refractivity contribution is -0.143. The summed E-state index contributed by atoms with van der Waals surface area (Å²) in [6, 6.07) is -0.242. The standard InChI is InChI=1S/C19H25F3N2O5/c1-17(2,3)29-16(25)24-12-6-18(26,7-13(24)10-28-9-12)14-5-11(19(20,21)22)8-23-15(14)27-4/h5,8,12-13,26H,6-7,9-10H2,1-4H3. The van der Waals surface area contributed by atoms with E-state index in [2.05, 4.69) is 4.98 Å². The molecule has 2 bridgehead atoms. The number of carbonyl (C=O) groups is 1. The first-order valence-electron chi connectivity index (χ1n) is 9.27. The summed E-state index contributed by atoms with van der Waals surface area (Å²) in [6.45, 7) is 5.53. The van der Waals surface area contributed by atoms with Crippen molar-refractivity contribution in [2.24, 2.45) is 0 Å². The Morgan fingerprint density at radius 3 is 2.34 bits per heavy atom. The summed E-state index contributed by atoms with van der Waals surface area (Å²) in [7, 11) is 1.28. The molecular formula is C19H25F3N2O5. The average molecular weight is 418 g/mol. The van der Waals surface area contributed by atoms with E-state index in [0.29, 0.717) is 6.20 Å². The SMILES string of the molecule is COc1ncc(C(F)(F)F)cc1C1(O)CC2COCC(C1)N2C(=O)OC(C)(C)C. The van der Waals surface area contributed by atoms with Crippen molar-refractivity contribution < 1.29 is 37.3 Å². The number of aliphatic hydroxyl groups is 1. The van der Waals surface area contributed by atoms with Gasteiger partial charge in [-0.3, -0.25) is 4.90 Å². The second kappa shape index (κ2) is 7.32. The average Bonchev–Trinajstić information content (AvgIpc) is 2.58. The summed E-state index contributed by atoms with van der Waals surface area (Å²) in [5, 5.41) is 11.4. The number of amides is 1. The Balaban J connectivity index is 1.95. The van der Waals surface area contributed by atoms with Gasteiger partial charge in [-0.2, -0.15) is 13.2 Å². The van der Waals surface area contributed by atoms with Gasteiger partial charge in [0.2, 0.25) is 5.88 Å². The van der Waals surface area contributed by atoms with Gasteiger partial charge in [-0.05, 0) is 26.8 Å². The minimum atomic E-state index is -4.61. The molecule has 2 aliphatic heterocycles. The van der Waals surface area contributed by atoms with Crippen LogP contribution in [-0.4, -0.2) is 59.1 Å². The molecule has 2 aliphatic rings. The van der Waals surface area contributed by atoms with Gasteiger partial charge in [-0.1, -0.05) is 0 Å². The molecule has 7 nitrogen and oxygen atoms in total. The van der Waals surface area contributed by atoms with Gasteiger partial charge < -0.3 is 19.3 Å². The van der Waals surface area contributed by atoms with Crippen molar-refractivity contribution in [1.29, 1.82) is 0 Å². The molecule has 162 valence electrons. The maximum atomic E-state index is 13.2. The lowest BCUT2D eigenvalue weighted by atomic mass is 9.77. The molecule has 3 rings (SSSR count). The lowest BCUT2D eigenvalue weighted by Gasteiger charge is -2.51. The third-order valence-corrected chi connectivity index (χ3v) is 5.03. The third kappa shape index (κ3) is 4.42. The number of pyridine rings is 1. The topological polar surface area (TPSA) is 81.1 Å². The molecule has 0 radical (unpaired) electrons. The highest BCUT2D eigenvalue weighted by Crippen LogP contribution is 2.45. The van der Waals surface area contributed by atoms with E-state index in [9.17, 15) is 23.1 Å². The van der Waals surface area contributed by atoms with Gasteiger partial charge in [0, 0.05) is 24.6 Å². The molecule has 0 saturated carbocycles. The highest BCUT2D eigenvalue weighted by atomic mass is 19.4. The number of morpholine rings is 1. The Morgan fingerprint density at radius 1 is 1.28 bits per heavy atom. The van der Waals surface area contributed by atoms with Crippen molar-refractivity contribution >= 4 is 6.09 Å². The predicted molar refractivity (Wildman–Crippen MR) is 95.4 cm³/mol. The van der Waals surface area contributed by atoms with E-state index in [0.717, 1.165) is 6.07 Å². The van der Waals surface area contributed by atoms with Crippen LogP contribution in [0.1, 0.15) is 44.7 Å². The van der Waals surface area contributed by atoms with E-state index in [1.165, 1.54) is 12.0 Å². The fourth-order valence-corrected chi connectivity index (χ4v) is 3.91. The summed E-state index contributed by atoms with van der Waals surface area (Å²) >= 11 is 0. The van der Waals surface area contributed by atoms with Crippen molar-refractivity contribution in [1.82, 2.24) is 9.88 Å². The minimum Gasteiger partial charge on any atom is -0.481 e. The molecule has 3 heterocycles. The van der Waals surface area contributed by atoms with E-state index in [1.54, 1.807) is 20.8 Å². The van der Waals surface area contributed by atoms with E-state index in [-0.39, 0.29) is 37.5 Å². The number of hydrogen-bond acceptors (Lipinski definition) is 6. The summed E-state index contributed by atoms with van der Waals surface area (Å²) in [5.74, 6) is -0.0785. The number of nitrogens with zero attached hydrogens (tertiary/aromatic N) is 2. The maximum Gasteiger partial charge on any atom is 0.417 e. The largest absolute Gasteiger partial charge is 0.481 e. The molecule has 0 aliphatic carbocycles. The van der Waals surface area contributed by atoms with Crippen LogP contribution in [0.3, 0.4) is 0 Å². The van der Waals surface area contributed by atoms with Crippen LogP contribution in [0.15, 0.2) is 12.3 Å². The van der Waals surface area contributed by atoms with Crippen molar-refractivity contribution in [2.45, 2.75) is 63.1 Å². The molecule has 1 amide bonds. The van der Waals surface area contributed by atoms with Crippen LogP contribution in [0, 0.1) is 0 Å². The molecule has 2 fully saturated rings. The fourth-order valence-electron chi connectivity index (χ4n) is 3.91. The number of hydrogen-bond donors (Lipinski definition) is 1. The molecule has 2 unspecified atom stereocenters. The number of halogens is 3. The maximum absolute atomic E-state index is 13.2. The Hall–Kier alpha value is -2.07. The molecule has 29 heavy (non-hydrogen) atoms. The van der Waals surface area contributed by atoms with E-state index in [1.807, 2.05) is 0 Å². The Kier molecular flexibility index (Phi) is 5.46. The second-order valence-electron chi connectivity index (χ2n) is 8.45. The van der Waals surface area contributed by atoms with Crippen LogP contribution in [0.2, 0.25) is 0 Å². The Morgan fingerprint density at radius 2 is 1.86 bits per heavy atom. The van der Waals surface area contributed by atoms with Gasteiger partial charge in [0.05, 0.1) is 43.6 Å². The van der Waals surface area contributed by atoms with Gasteiger partial charge in [-0.25, -0.2) is 9.78 Å². The van der Waals surface area contributed by atoms with Crippen LogP contribution in [-0.2, 0) is 21.3 Å². The van der Waals surface area contributed by atoms with E-state index >= 15 is 0 Å². The number of fused-ring (bicyclic) bond motifs is 2. The van der Waals surface area contributed by atoms with Gasteiger partial charge in [0.1, 0.15) is 5.60 Å². The zero-order valence-electron chi connectivity index (χ0n) is 16.7. The van der Waals surface area contributed by atoms with Crippen molar-refractivity contribution in [3.05, 3.63) is 23.4 Å². The zero-order valence-corrected chi connectivity index (χ0v) is 16.7. The van der Waals surface area contributed by atoms with E-state index in [4.69, 9.17) is 14.2 Å². The summed E-state index contributed by atoms with van der Waals surface area (Å²) in [5.41, 5.74) is -3.38. The van der Waals surface area contributed by atoms with Crippen molar-refractivity contribution in [3.8, 4) is 5.88 Å². The van der Waals surface area contributed by atoms with Gasteiger partial charge in [0.25, 0.3) is 0 Å². The second-order valence-corrected chi connectivity index (χ2v) is 8.45. The summed E-state index contributed by atoms with van der Waals surface area (Å²) in [6.07, 6.45) is -4.53. The molecule has 1 N–H and O–H groups in total. The summed E-state index contributed by atoms with van der Waals surface area (Å²) < 4.78 is 55.7. The number of piperidine rings is 1. The number of ether oxygens (including phenoxy) is 3. The molecule has 2 atom stereocenters. The van der Waals surface area contributed by atoms with Crippen LogP contribution in [0.4, 0.5) is 18.0 Å². The van der Waals surface area contributed by atoms with Gasteiger partial charge in [0.15, 0.2) is 0 Å². The highest BCUT2D eigenvalue weighted by molar-refractivity contribution is 5.69. The minimum absolute atomic E-state index is 0.0257. The molecular weight excluding hydrogens is 393 g/mol. The lowest BCUT2D eigenvalue weighted by Crippen LogP contribution is -2.63. The number of rotatable bonds is 2. The van der Waals surface area contributed by atoms with Crippen LogP contribution in [0.5, 0.6) is 5.88 Å². The molecule has 10 heteroatoms. The summed E-state index contributed by atoms with van der Waals surface area (Å²) in [4.78, 5) is 17.9. The highest BCUT2D eigenvalue weighted by Gasteiger charge is 2.51. The van der Waals surface area contributed by atoms with Crippen LogP contribution < -0.4 is 4.74 Å². The molecule has 0 spiro atoms. The molecule has 1 aromatic heterocycles. The van der Waals surface area contributed by atoms with E-state index < -0.39 is 41.1 Å². The van der Waals surface area contributed by atoms with Crippen molar-refractivity contribution in [3.63, 3.8) is 0 Å². The fraction of sp³-hybridized carbons (Fsp3) is 0.684. The zero-order chi connectivity index (χ0) is 21.6. The van der Waals surface area contributed by atoms with Crippen LogP contribution >= 0.6 is 0 Å². The first-order chi connectivity index (χ1) is 13.3.